The summed E-state index contributed by atoms with van der Waals surface area (Å²) in [5.41, 5.74) is 0.983. The molecule has 0 bridgehead atoms. The first kappa shape index (κ1) is 11.0. The molecule has 0 spiro atoms. The van der Waals surface area contributed by atoms with E-state index >= 15 is 0 Å². The topological polar surface area (TPSA) is 22.1 Å². The number of halogens is 1. The van der Waals surface area contributed by atoms with E-state index in [1.807, 2.05) is 23.6 Å². The molecule has 78 valence electrons. The van der Waals surface area contributed by atoms with Gasteiger partial charge in [0.25, 0.3) is 0 Å². The lowest BCUT2D eigenvalue weighted by molar-refractivity contribution is 0.416. The quantitative estimate of drug-likeness (QED) is 0.851. The molecule has 0 fully saturated rings. The summed E-state index contributed by atoms with van der Waals surface area (Å²) < 4.78 is 6.29. The highest BCUT2D eigenvalue weighted by Gasteiger charge is 2.09. The van der Waals surface area contributed by atoms with Crippen molar-refractivity contribution >= 4 is 39.9 Å². The van der Waals surface area contributed by atoms with Crippen molar-refractivity contribution in [1.82, 2.24) is 4.98 Å². The van der Waals surface area contributed by atoms with Crippen molar-refractivity contribution in [3.63, 3.8) is 0 Å². The van der Waals surface area contributed by atoms with Crippen molar-refractivity contribution in [1.29, 1.82) is 0 Å². The van der Waals surface area contributed by atoms with E-state index in [0.717, 1.165) is 25.8 Å². The molecule has 0 atom stereocenters. The minimum atomic E-state index is 0.733. The molecular weight excluding hydrogens is 294 g/mol. The molecular formula is C10H8BrNOS2. The summed E-state index contributed by atoms with van der Waals surface area (Å²) in [7, 11) is 1.65. The molecule has 0 aliphatic carbocycles. The van der Waals surface area contributed by atoms with Crippen LogP contribution in [0.4, 0.5) is 0 Å². The van der Waals surface area contributed by atoms with Crippen molar-refractivity contribution in [2.45, 2.75) is 5.03 Å². The van der Waals surface area contributed by atoms with Gasteiger partial charge in [-0.3, -0.25) is 0 Å². The van der Waals surface area contributed by atoms with Gasteiger partial charge in [0.2, 0.25) is 0 Å². The third-order valence-corrected chi connectivity index (χ3v) is 3.66. The Kier molecular flexibility index (Phi) is 3.33. The summed E-state index contributed by atoms with van der Waals surface area (Å²) >= 11 is 9.18. The maximum absolute atomic E-state index is 5.28. The minimum Gasteiger partial charge on any atom is -0.496 e. The number of benzene rings is 1. The average Bonchev–Trinajstić information content (AvgIpc) is 2.65. The molecule has 2 aromatic rings. The predicted molar refractivity (Wildman–Crippen MR) is 69.1 cm³/mol. The molecule has 0 aliphatic rings. The van der Waals surface area contributed by atoms with E-state index in [1.54, 1.807) is 18.4 Å². The van der Waals surface area contributed by atoms with Gasteiger partial charge < -0.3 is 4.74 Å². The van der Waals surface area contributed by atoms with Gasteiger partial charge in [-0.2, -0.15) is 0 Å². The van der Waals surface area contributed by atoms with E-state index in [4.69, 9.17) is 4.74 Å². The highest BCUT2D eigenvalue weighted by Crippen LogP contribution is 2.34. The van der Waals surface area contributed by atoms with E-state index in [1.165, 1.54) is 0 Å². The van der Waals surface area contributed by atoms with Crippen molar-refractivity contribution in [3.8, 4) is 16.3 Å². The zero-order valence-electron chi connectivity index (χ0n) is 7.90. The Balaban J connectivity index is 2.55. The third-order valence-electron chi connectivity index (χ3n) is 1.88. The fourth-order valence-corrected chi connectivity index (χ4v) is 2.63. The van der Waals surface area contributed by atoms with E-state index < -0.39 is 0 Å². The third kappa shape index (κ3) is 2.35. The Hall–Kier alpha value is -0.520. The molecule has 0 aliphatic heterocycles. The monoisotopic (exact) mass is 301 g/mol. The van der Waals surface area contributed by atoms with Crippen LogP contribution in [0.25, 0.3) is 10.6 Å². The second kappa shape index (κ2) is 4.55. The number of nitrogens with zero attached hydrogens (tertiary/aromatic N) is 1. The van der Waals surface area contributed by atoms with Crippen LogP contribution in [0.2, 0.25) is 0 Å². The lowest BCUT2D eigenvalue weighted by Gasteiger charge is -2.05. The van der Waals surface area contributed by atoms with Gasteiger partial charge in [-0.1, -0.05) is 15.9 Å². The van der Waals surface area contributed by atoms with Gasteiger partial charge in [0.05, 0.1) is 12.7 Å². The van der Waals surface area contributed by atoms with Crippen molar-refractivity contribution in [2.75, 3.05) is 7.11 Å². The molecule has 15 heavy (non-hydrogen) atoms. The van der Waals surface area contributed by atoms with Crippen LogP contribution in [0.15, 0.2) is 33.1 Å². The van der Waals surface area contributed by atoms with Gasteiger partial charge in [0.1, 0.15) is 15.8 Å². The van der Waals surface area contributed by atoms with Crippen molar-refractivity contribution < 1.29 is 4.74 Å². The fraction of sp³-hybridized carbons (Fsp3) is 0.100. The molecule has 1 aromatic heterocycles. The van der Waals surface area contributed by atoms with Crippen molar-refractivity contribution in [2.24, 2.45) is 0 Å². The lowest BCUT2D eigenvalue weighted by Crippen LogP contribution is -1.87. The summed E-state index contributed by atoms with van der Waals surface area (Å²) in [4.78, 5) is 4.31. The van der Waals surface area contributed by atoms with E-state index in [2.05, 4.69) is 33.5 Å². The largest absolute Gasteiger partial charge is 0.496 e. The highest BCUT2D eigenvalue weighted by molar-refractivity contribution is 9.10. The minimum absolute atomic E-state index is 0.733. The Bertz CT molecular complexity index is 484. The Labute approximate surface area is 106 Å². The molecule has 0 saturated carbocycles. The van der Waals surface area contributed by atoms with E-state index in [0.29, 0.717) is 0 Å². The van der Waals surface area contributed by atoms with Crippen LogP contribution >= 0.6 is 39.9 Å². The zero-order chi connectivity index (χ0) is 10.8. The fourth-order valence-electron chi connectivity index (χ4n) is 1.24. The lowest BCUT2D eigenvalue weighted by atomic mass is 10.2. The molecule has 0 amide bonds. The van der Waals surface area contributed by atoms with Gasteiger partial charge >= 0.3 is 0 Å². The summed E-state index contributed by atoms with van der Waals surface area (Å²) in [6.07, 6.45) is 0. The molecule has 0 unspecified atom stereocenters. The molecule has 0 radical (unpaired) electrons. The second-order valence-electron chi connectivity index (χ2n) is 2.86. The van der Waals surface area contributed by atoms with E-state index in [-0.39, 0.29) is 0 Å². The standard InChI is InChI=1S/C10H8BrNOS2/c1-13-8-3-2-6(11)4-7(8)10-12-9(14)5-15-10/h2-5,14H,1H3. The number of hydrogen-bond acceptors (Lipinski definition) is 4. The van der Waals surface area contributed by atoms with Gasteiger partial charge in [-0.25, -0.2) is 4.98 Å². The van der Waals surface area contributed by atoms with Crippen LogP contribution in [-0.2, 0) is 0 Å². The Morgan fingerprint density at radius 1 is 1.47 bits per heavy atom. The second-order valence-corrected chi connectivity index (χ2v) is 5.09. The average molecular weight is 302 g/mol. The molecule has 1 heterocycles. The number of hydrogen-bond donors (Lipinski definition) is 1. The summed E-state index contributed by atoms with van der Waals surface area (Å²) in [5.74, 6) is 0.820. The maximum atomic E-state index is 5.28. The Morgan fingerprint density at radius 2 is 2.27 bits per heavy atom. The number of methoxy groups -OCH3 is 1. The number of thiol groups is 1. The molecule has 2 nitrogen and oxygen atoms in total. The first-order chi connectivity index (χ1) is 7.20. The maximum Gasteiger partial charge on any atom is 0.129 e. The summed E-state index contributed by atoms with van der Waals surface area (Å²) in [6, 6.07) is 5.85. The van der Waals surface area contributed by atoms with Gasteiger partial charge in [0.15, 0.2) is 0 Å². The highest BCUT2D eigenvalue weighted by atomic mass is 79.9. The molecule has 2 rings (SSSR count). The van der Waals surface area contributed by atoms with Gasteiger partial charge in [-0.05, 0) is 18.2 Å². The number of rotatable bonds is 2. The molecule has 0 saturated heterocycles. The number of aromatic nitrogens is 1. The van der Waals surface area contributed by atoms with E-state index in [9.17, 15) is 0 Å². The van der Waals surface area contributed by atoms with Crippen LogP contribution in [0.1, 0.15) is 0 Å². The smallest absolute Gasteiger partial charge is 0.129 e. The SMILES string of the molecule is COc1ccc(Br)cc1-c1nc(S)cs1. The molecule has 5 heteroatoms. The molecule has 1 aromatic carbocycles. The van der Waals surface area contributed by atoms with Crippen molar-refractivity contribution in [3.05, 3.63) is 28.1 Å². The van der Waals surface area contributed by atoms with Crippen LogP contribution in [-0.4, -0.2) is 12.1 Å². The van der Waals surface area contributed by atoms with Gasteiger partial charge in [0, 0.05) is 9.85 Å². The van der Waals surface area contributed by atoms with Crippen LogP contribution in [0.5, 0.6) is 5.75 Å². The first-order valence-electron chi connectivity index (χ1n) is 4.19. The van der Waals surface area contributed by atoms with Crippen LogP contribution < -0.4 is 4.74 Å². The van der Waals surface area contributed by atoms with Gasteiger partial charge in [-0.15, -0.1) is 24.0 Å². The first-order valence-corrected chi connectivity index (χ1v) is 6.31. The summed E-state index contributed by atoms with van der Waals surface area (Å²) in [6.45, 7) is 0. The number of thiazole rings is 1. The predicted octanol–water partition coefficient (Wildman–Crippen LogP) is 3.87. The normalized spacial score (nSPS) is 10.3. The molecule has 0 N–H and O–H groups in total. The number of ether oxygens (including phenoxy) is 1. The Morgan fingerprint density at radius 3 is 2.87 bits per heavy atom. The van der Waals surface area contributed by atoms with Crippen LogP contribution in [0, 0.1) is 0 Å². The van der Waals surface area contributed by atoms with Crippen LogP contribution in [0.3, 0.4) is 0 Å². The zero-order valence-corrected chi connectivity index (χ0v) is 11.2. The summed E-state index contributed by atoms with van der Waals surface area (Å²) in [5, 5.41) is 3.55.